The minimum atomic E-state index is -0.446. The molecule has 0 saturated carbocycles. The Kier molecular flexibility index (Phi) is 5.35. The third-order valence-corrected chi connectivity index (χ3v) is 4.52. The van der Waals surface area contributed by atoms with Crippen LogP contribution in [0.5, 0.6) is 5.75 Å². The van der Waals surface area contributed by atoms with Crippen molar-refractivity contribution in [1.82, 2.24) is 25.2 Å². The largest absolute Gasteiger partial charge is 0.485 e. The van der Waals surface area contributed by atoms with E-state index in [1.54, 1.807) is 24.4 Å². The fourth-order valence-electron chi connectivity index (χ4n) is 2.79. The van der Waals surface area contributed by atoms with Crippen molar-refractivity contribution in [2.75, 3.05) is 0 Å². The van der Waals surface area contributed by atoms with Crippen LogP contribution in [0.2, 0.25) is 5.02 Å². The Morgan fingerprint density at radius 3 is 2.59 bits per heavy atom. The number of pyridine rings is 1. The summed E-state index contributed by atoms with van der Waals surface area (Å²) in [5, 5.41) is 13.8. The maximum Gasteiger partial charge on any atom is 0.250 e. The highest BCUT2D eigenvalue weighted by molar-refractivity contribution is 6.30. The molecule has 0 amide bonds. The number of tetrazole rings is 1. The highest BCUT2D eigenvalue weighted by Gasteiger charge is 2.07. The highest BCUT2D eigenvalue weighted by Crippen LogP contribution is 2.22. The van der Waals surface area contributed by atoms with Gasteiger partial charge in [0.15, 0.2) is 6.61 Å². The van der Waals surface area contributed by atoms with E-state index in [2.05, 4.69) is 20.6 Å². The van der Waals surface area contributed by atoms with Gasteiger partial charge in [0, 0.05) is 22.8 Å². The quantitative estimate of drug-likeness (QED) is 0.525. The monoisotopic (exact) mass is 411 g/mol. The van der Waals surface area contributed by atoms with Crippen LogP contribution in [-0.4, -0.2) is 25.2 Å². The second-order valence-electron chi connectivity index (χ2n) is 6.26. The van der Waals surface area contributed by atoms with E-state index in [9.17, 15) is 9.18 Å². The summed E-state index contributed by atoms with van der Waals surface area (Å²) in [6.07, 6.45) is 1.70. The first-order valence-corrected chi connectivity index (χ1v) is 9.06. The van der Waals surface area contributed by atoms with E-state index in [1.165, 1.54) is 16.7 Å². The number of benzene rings is 2. The molecular formula is C20H15ClFN5O2. The number of H-pyrrole nitrogens is 1. The summed E-state index contributed by atoms with van der Waals surface area (Å²) in [6, 6.07) is 15.0. The molecule has 9 heteroatoms. The van der Waals surface area contributed by atoms with Gasteiger partial charge in [0.05, 0.1) is 6.54 Å². The smallest absolute Gasteiger partial charge is 0.250 e. The van der Waals surface area contributed by atoms with Crippen LogP contribution in [0.25, 0.3) is 11.1 Å². The molecule has 2 aromatic heterocycles. The first-order chi connectivity index (χ1) is 14.1. The number of nitrogens with zero attached hydrogens (tertiary/aromatic N) is 4. The van der Waals surface area contributed by atoms with Gasteiger partial charge in [0.2, 0.25) is 5.82 Å². The van der Waals surface area contributed by atoms with E-state index in [4.69, 9.17) is 16.3 Å². The molecule has 0 aliphatic rings. The van der Waals surface area contributed by atoms with Gasteiger partial charge >= 0.3 is 0 Å². The van der Waals surface area contributed by atoms with Crippen LogP contribution in [0.15, 0.2) is 65.6 Å². The van der Waals surface area contributed by atoms with E-state index in [0.29, 0.717) is 22.2 Å². The van der Waals surface area contributed by atoms with E-state index in [0.717, 1.165) is 11.1 Å². The van der Waals surface area contributed by atoms with Gasteiger partial charge in [-0.15, -0.1) is 10.2 Å². The summed E-state index contributed by atoms with van der Waals surface area (Å²) in [5.74, 6) is 0.656. The average molecular weight is 412 g/mol. The summed E-state index contributed by atoms with van der Waals surface area (Å²) < 4.78 is 21.1. The second-order valence-corrected chi connectivity index (χ2v) is 6.70. The molecule has 7 nitrogen and oxygen atoms in total. The van der Waals surface area contributed by atoms with Crippen LogP contribution in [0.4, 0.5) is 4.39 Å². The molecule has 0 unspecified atom stereocenters. The Hall–Kier alpha value is -3.52. The highest BCUT2D eigenvalue weighted by atomic mass is 35.5. The van der Waals surface area contributed by atoms with Gasteiger partial charge in [-0.2, -0.15) is 5.21 Å². The number of hydrogen-bond acceptors (Lipinski definition) is 5. The van der Waals surface area contributed by atoms with Gasteiger partial charge in [-0.05, 0) is 41.5 Å². The maximum atomic E-state index is 14.1. The summed E-state index contributed by atoms with van der Waals surface area (Å²) in [4.78, 5) is 12.2. The van der Waals surface area contributed by atoms with Crippen molar-refractivity contribution < 1.29 is 9.13 Å². The van der Waals surface area contributed by atoms with E-state index < -0.39 is 5.82 Å². The van der Waals surface area contributed by atoms with Crippen molar-refractivity contribution >= 4 is 11.6 Å². The number of rotatable bonds is 6. The first kappa shape index (κ1) is 18.8. The molecule has 146 valence electrons. The second kappa shape index (κ2) is 8.24. The lowest BCUT2D eigenvalue weighted by Gasteiger charge is -2.10. The molecule has 4 rings (SSSR count). The number of aromatic amines is 1. The van der Waals surface area contributed by atoms with Crippen molar-refractivity contribution in [2.24, 2.45) is 0 Å². The molecular weight excluding hydrogens is 397 g/mol. The molecule has 0 spiro atoms. The normalized spacial score (nSPS) is 10.8. The fraction of sp³-hybridized carbons (Fsp3) is 0.100. The van der Waals surface area contributed by atoms with Crippen molar-refractivity contribution in [1.29, 1.82) is 0 Å². The van der Waals surface area contributed by atoms with Crippen LogP contribution in [-0.2, 0) is 13.2 Å². The Morgan fingerprint density at radius 2 is 1.86 bits per heavy atom. The Morgan fingerprint density at radius 1 is 1.07 bits per heavy atom. The predicted octanol–water partition coefficient (Wildman–Crippen LogP) is 3.45. The van der Waals surface area contributed by atoms with Crippen LogP contribution in [0.3, 0.4) is 0 Å². The van der Waals surface area contributed by atoms with E-state index >= 15 is 0 Å². The zero-order valence-electron chi connectivity index (χ0n) is 15.0. The van der Waals surface area contributed by atoms with Gasteiger partial charge in [0.25, 0.3) is 5.56 Å². The molecule has 0 saturated heterocycles. The zero-order valence-corrected chi connectivity index (χ0v) is 15.8. The van der Waals surface area contributed by atoms with Crippen molar-refractivity contribution in [3.8, 4) is 16.9 Å². The van der Waals surface area contributed by atoms with E-state index in [-0.39, 0.29) is 18.7 Å². The van der Waals surface area contributed by atoms with Crippen molar-refractivity contribution in [3.63, 3.8) is 0 Å². The molecule has 0 bridgehead atoms. The minimum Gasteiger partial charge on any atom is -0.485 e. The summed E-state index contributed by atoms with van der Waals surface area (Å²) in [6.45, 7) is 0.314. The fourth-order valence-corrected chi connectivity index (χ4v) is 2.95. The molecule has 1 N–H and O–H groups in total. The van der Waals surface area contributed by atoms with Gasteiger partial charge in [-0.25, -0.2) is 4.39 Å². The topological polar surface area (TPSA) is 85.7 Å². The number of aromatic nitrogens is 5. The van der Waals surface area contributed by atoms with Gasteiger partial charge in [-0.3, -0.25) is 4.79 Å². The molecule has 0 aliphatic heterocycles. The summed E-state index contributed by atoms with van der Waals surface area (Å²) in [5.41, 5.74) is 1.88. The average Bonchev–Trinajstić information content (AvgIpc) is 3.24. The minimum absolute atomic E-state index is 0.113. The Bertz CT molecular complexity index is 1180. The number of halogens is 2. The third kappa shape index (κ3) is 4.49. The Balaban J connectivity index is 1.52. The zero-order chi connectivity index (χ0) is 20.2. The van der Waals surface area contributed by atoms with Crippen LogP contribution < -0.4 is 10.3 Å². The van der Waals surface area contributed by atoms with E-state index in [1.807, 2.05) is 24.3 Å². The SMILES string of the molecule is O=c1ccc(-c2ccc(OCc3nn[nH]n3)cc2)cn1Cc1ccc(Cl)cc1F. The van der Waals surface area contributed by atoms with Gasteiger partial charge in [0.1, 0.15) is 11.6 Å². The number of hydrogen-bond donors (Lipinski definition) is 1. The van der Waals surface area contributed by atoms with Gasteiger partial charge < -0.3 is 9.30 Å². The lowest BCUT2D eigenvalue weighted by atomic mass is 10.1. The molecule has 0 atom stereocenters. The Labute approximate surface area is 169 Å². The van der Waals surface area contributed by atoms with Crippen molar-refractivity contribution in [2.45, 2.75) is 13.2 Å². The summed E-state index contributed by atoms with van der Waals surface area (Å²) in [7, 11) is 0. The molecule has 4 aromatic rings. The van der Waals surface area contributed by atoms with Gasteiger partial charge in [-0.1, -0.05) is 35.0 Å². The number of ether oxygens (including phenoxy) is 1. The molecule has 0 radical (unpaired) electrons. The lowest BCUT2D eigenvalue weighted by molar-refractivity contribution is 0.296. The molecule has 0 fully saturated rings. The molecule has 0 aliphatic carbocycles. The summed E-state index contributed by atoms with van der Waals surface area (Å²) >= 11 is 5.79. The van der Waals surface area contributed by atoms with Crippen LogP contribution in [0.1, 0.15) is 11.4 Å². The molecule has 2 aromatic carbocycles. The lowest BCUT2D eigenvalue weighted by Crippen LogP contribution is -2.19. The molecule has 29 heavy (non-hydrogen) atoms. The van der Waals surface area contributed by atoms with Crippen molar-refractivity contribution in [3.05, 3.63) is 93.4 Å². The third-order valence-electron chi connectivity index (χ3n) is 4.28. The standard InChI is InChI=1S/C20H15ClFN5O2/c21-16-5-1-15(18(22)9-16)11-27-10-14(4-8-20(27)28)13-2-6-17(7-3-13)29-12-19-23-25-26-24-19/h1-10H,11-12H2,(H,23,24,25,26). The first-order valence-electron chi connectivity index (χ1n) is 8.68. The maximum absolute atomic E-state index is 14.1. The number of nitrogens with one attached hydrogen (secondary N) is 1. The predicted molar refractivity (Wildman–Crippen MR) is 105 cm³/mol. The van der Waals surface area contributed by atoms with Crippen LogP contribution >= 0.6 is 11.6 Å². The van der Waals surface area contributed by atoms with Crippen LogP contribution in [0, 0.1) is 5.82 Å². The molecule has 2 heterocycles.